The molecule has 2 heterocycles. The fourth-order valence-electron chi connectivity index (χ4n) is 2.94. The molecule has 0 saturated carbocycles. The Balaban J connectivity index is 1.68. The summed E-state index contributed by atoms with van der Waals surface area (Å²) in [6.07, 6.45) is 2.44. The van der Waals surface area contributed by atoms with Crippen molar-refractivity contribution in [2.45, 2.75) is 12.6 Å². The smallest absolute Gasteiger partial charge is 0.276 e. The standard InChI is InChI=1S/C20H15BrFN3O2/c21-15-3-1-2-14(10-15)19(26)12-24-8-9-25-18(20(24)27)11-17(23-25)13-4-6-16(22)7-5-13/h1-11,19,26H,12H2. The van der Waals surface area contributed by atoms with E-state index in [1.807, 2.05) is 24.3 Å². The average Bonchev–Trinajstić information content (AvgIpc) is 3.10. The van der Waals surface area contributed by atoms with Crippen LogP contribution in [0.25, 0.3) is 16.8 Å². The summed E-state index contributed by atoms with van der Waals surface area (Å²) in [5, 5.41) is 14.8. The maximum absolute atomic E-state index is 13.1. The summed E-state index contributed by atoms with van der Waals surface area (Å²) >= 11 is 3.38. The van der Waals surface area contributed by atoms with Gasteiger partial charge in [0.05, 0.1) is 18.3 Å². The van der Waals surface area contributed by atoms with E-state index < -0.39 is 6.10 Å². The number of hydrogen-bond acceptors (Lipinski definition) is 3. The van der Waals surface area contributed by atoms with E-state index in [2.05, 4.69) is 21.0 Å². The monoisotopic (exact) mass is 427 g/mol. The highest BCUT2D eigenvalue weighted by atomic mass is 79.9. The van der Waals surface area contributed by atoms with Gasteiger partial charge in [-0.15, -0.1) is 0 Å². The van der Waals surface area contributed by atoms with Gasteiger partial charge in [-0.2, -0.15) is 5.10 Å². The Kier molecular flexibility index (Phi) is 4.63. The fraction of sp³-hybridized carbons (Fsp3) is 0.100. The Morgan fingerprint density at radius 1 is 1.11 bits per heavy atom. The molecule has 5 nitrogen and oxygen atoms in total. The Hall–Kier alpha value is -2.77. The van der Waals surface area contributed by atoms with E-state index in [0.29, 0.717) is 11.2 Å². The number of hydrogen-bond donors (Lipinski definition) is 1. The van der Waals surface area contributed by atoms with Crippen LogP contribution in [0.5, 0.6) is 0 Å². The summed E-state index contributed by atoms with van der Waals surface area (Å²) in [5.74, 6) is -0.327. The lowest BCUT2D eigenvalue weighted by atomic mass is 10.1. The summed E-state index contributed by atoms with van der Waals surface area (Å²) in [4.78, 5) is 12.8. The lowest BCUT2D eigenvalue weighted by Crippen LogP contribution is -2.24. The molecule has 0 aliphatic rings. The molecule has 0 saturated heterocycles. The van der Waals surface area contributed by atoms with Crippen LogP contribution in [-0.4, -0.2) is 19.3 Å². The van der Waals surface area contributed by atoms with Gasteiger partial charge in [-0.05, 0) is 48.0 Å². The van der Waals surface area contributed by atoms with Crippen LogP contribution in [0.4, 0.5) is 4.39 Å². The molecule has 0 bridgehead atoms. The topological polar surface area (TPSA) is 59.5 Å². The first-order valence-corrected chi connectivity index (χ1v) is 9.09. The highest BCUT2D eigenvalue weighted by Crippen LogP contribution is 2.21. The molecule has 4 aromatic rings. The largest absolute Gasteiger partial charge is 0.387 e. The molecule has 2 aromatic heterocycles. The summed E-state index contributed by atoms with van der Waals surface area (Å²) in [6.45, 7) is 0.128. The van der Waals surface area contributed by atoms with Gasteiger partial charge in [-0.25, -0.2) is 8.91 Å². The molecule has 0 fully saturated rings. The molecule has 0 aliphatic heterocycles. The third kappa shape index (κ3) is 3.56. The molecule has 136 valence electrons. The van der Waals surface area contributed by atoms with Gasteiger partial charge in [-0.1, -0.05) is 28.1 Å². The van der Waals surface area contributed by atoms with Crippen molar-refractivity contribution in [1.29, 1.82) is 0 Å². The van der Waals surface area contributed by atoms with Crippen molar-refractivity contribution in [3.63, 3.8) is 0 Å². The minimum atomic E-state index is -0.817. The quantitative estimate of drug-likeness (QED) is 0.538. The van der Waals surface area contributed by atoms with E-state index in [-0.39, 0.29) is 17.9 Å². The Morgan fingerprint density at radius 2 is 1.89 bits per heavy atom. The normalized spacial score (nSPS) is 12.4. The van der Waals surface area contributed by atoms with E-state index in [9.17, 15) is 14.3 Å². The molecule has 7 heteroatoms. The minimum absolute atomic E-state index is 0.128. The van der Waals surface area contributed by atoms with Gasteiger partial charge in [-0.3, -0.25) is 4.79 Å². The molecule has 0 amide bonds. The third-order valence-corrected chi connectivity index (χ3v) is 4.84. The van der Waals surface area contributed by atoms with Gasteiger partial charge < -0.3 is 9.67 Å². The summed E-state index contributed by atoms with van der Waals surface area (Å²) < 4.78 is 16.9. The zero-order valence-corrected chi connectivity index (χ0v) is 15.7. The number of nitrogens with zero attached hydrogens (tertiary/aromatic N) is 3. The van der Waals surface area contributed by atoms with Crippen molar-refractivity contribution in [1.82, 2.24) is 14.2 Å². The van der Waals surface area contributed by atoms with Crippen molar-refractivity contribution >= 4 is 21.4 Å². The van der Waals surface area contributed by atoms with Crippen LogP contribution < -0.4 is 5.56 Å². The van der Waals surface area contributed by atoms with Crippen molar-refractivity contribution in [3.8, 4) is 11.3 Å². The molecule has 4 rings (SSSR count). The number of benzene rings is 2. The van der Waals surface area contributed by atoms with Crippen LogP contribution in [0.2, 0.25) is 0 Å². The van der Waals surface area contributed by atoms with Gasteiger partial charge in [0.1, 0.15) is 11.3 Å². The number of fused-ring (bicyclic) bond motifs is 1. The van der Waals surface area contributed by atoms with Crippen LogP contribution in [0, 0.1) is 5.82 Å². The minimum Gasteiger partial charge on any atom is -0.387 e. The molecule has 27 heavy (non-hydrogen) atoms. The van der Waals surface area contributed by atoms with Crippen molar-refractivity contribution in [2.75, 3.05) is 0 Å². The molecule has 0 aliphatic carbocycles. The zero-order valence-electron chi connectivity index (χ0n) is 14.1. The van der Waals surface area contributed by atoms with Crippen molar-refractivity contribution < 1.29 is 9.50 Å². The van der Waals surface area contributed by atoms with E-state index in [1.165, 1.54) is 21.2 Å². The average molecular weight is 428 g/mol. The molecular weight excluding hydrogens is 413 g/mol. The third-order valence-electron chi connectivity index (χ3n) is 4.35. The number of aromatic nitrogens is 3. The molecule has 1 atom stereocenters. The second-order valence-corrected chi connectivity index (χ2v) is 7.11. The SMILES string of the molecule is O=c1c2cc(-c3ccc(F)cc3)nn2ccn1CC(O)c1cccc(Br)c1. The molecule has 1 N–H and O–H groups in total. The van der Waals surface area contributed by atoms with Crippen LogP contribution in [0.15, 0.2) is 76.3 Å². The van der Waals surface area contributed by atoms with E-state index in [1.54, 1.807) is 30.6 Å². The first-order chi connectivity index (χ1) is 13.0. The predicted molar refractivity (Wildman–Crippen MR) is 104 cm³/mol. The Morgan fingerprint density at radius 3 is 2.63 bits per heavy atom. The Labute approximate surface area is 162 Å². The Bertz CT molecular complexity index is 1170. The van der Waals surface area contributed by atoms with E-state index in [0.717, 1.165) is 15.6 Å². The highest BCUT2D eigenvalue weighted by molar-refractivity contribution is 9.10. The second kappa shape index (κ2) is 7.09. The highest BCUT2D eigenvalue weighted by Gasteiger charge is 2.13. The lowest BCUT2D eigenvalue weighted by Gasteiger charge is -2.13. The van der Waals surface area contributed by atoms with Gasteiger partial charge in [0, 0.05) is 22.4 Å². The van der Waals surface area contributed by atoms with Crippen LogP contribution in [0.3, 0.4) is 0 Å². The lowest BCUT2D eigenvalue weighted by molar-refractivity contribution is 0.155. The van der Waals surface area contributed by atoms with Crippen LogP contribution in [0.1, 0.15) is 11.7 Å². The van der Waals surface area contributed by atoms with Crippen molar-refractivity contribution in [3.05, 3.63) is 93.2 Å². The summed E-state index contributed by atoms with van der Waals surface area (Å²) in [6, 6.07) is 14.9. The number of aliphatic hydroxyl groups is 1. The number of aliphatic hydroxyl groups excluding tert-OH is 1. The van der Waals surface area contributed by atoms with E-state index in [4.69, 9.17) is 0 Å². The maximum atomic E-state index is 13.1. The van der Waals surface area contributed by atoms with Gasteiger partial charge in [0.15, 0.2) is 0 Å². The first-order valence-electron chi connectivity index (χ1n) is 8.29. The first kappa shape index (κ1) is 17.6. The summed E-state index contributed by atoms with van der Waals surface area (Å²) in [5.41, 5.74) is 2.15. The van der Waals surface area contributed by atoms with Gasteiger partial charge >= 0.3 is 0 Å². The van der Waals surface area contributed by atoms with Crippen molar-refractivity contribution in [2.24, 2.45) is 0 Å². The maximum Gasteiger partial charge on any atom is 0.276 e. The number of halogens is 2. The molecule has 1 unspecified atom stereocenters. The fourth-order valence-corrected chi connectivity index (χ4v) is 3.35. The molecular formula is C20H15BrFN3O2. The molecule has 0 radical (unpaired) electrons. The van der Waals surface area contributed by atoms with Crippen LogP contribution in [-0.2, 0) is 6.54 Å². The second-order valence-electron chi connectivity index (χ2n) is 6.19. The summed E-state index contributed by atoms with van der Waals surface area (Å²) in [7, 11) is 0. The number of rotatable bonds is 4. The molecule has 2 aromatic carbocycles. The van der Waals surface area contributed by atoms with Crippen LogP contribution >= 0.6 is 15.9 Å². The predicted octanol–water partition coefficient (Wildman–Crippen LogP) is 3.80. The van der Waals surface area contributed by atoms with E-state index >= 15 is 0 Å². The molecule has 0 spiro atoms. The zero-order chi connectivity index (χ0) is 19.0. The van der Waals surface area contributed by atoms with Gasteiger partial charge in [0.2, 0.25) is 0 Å². The van der Waals surface area contributed by atoms with Gasteiger partial charge in [0.25, 0.3) is 5.56 Å².